The molecule has 4 heteroatoms. The molecule has 3 rings (SSSR count). The maximum absolute atomic E-state index is 7.70. The van der Waals surface area contributed by atoms with E-state index in [1.807, 2.05) is 44.2 Å². The fourth-order valence-corrected chi connectivity index (χ4v) is 3.49. The Balaban J connectivity index is 2.09. The number of hydrogen-bond acceptors (Lipinski definition) is 1. The van der Waals surface area contributed by atoms with Gasteiger partial charge in [-0.3, -0.25) is 0 Å². The highest BCUT2D eigenvalue weighted by molar-refractivity contribution is 5.84. The molecule has 0 atom stereocenters. The second-order valence-corrected chi connectivity index (χ2v) is 6.73. The van der Waals surface area contributed by atoms with Gasteiger partial charge < -0.3 is 10.3 Å². The van der Waals surface area contributed by atoms with Gasteiger partial charge in [0.1, 0.15) is 0 Å². The van der Waals surface area contributed by atoms with Gasteiger partial charge in [0.25, 0.3) is 0 Å². The lowest BCUT2D eigenvalue weighted by Crippen LogP contribution is -2.04. The molecule has 0 bridgehead atoms. The largest absolute Gasteiger partial charge is 0.355 e. The molecule has 0 saturated carbocycles. The van der Waals surface area contributed by atoms with Gasteiger partial charge in [-0.1, -0.05) is 42.5 Å². The van der Waals surface area contributed by atoms with Crippen LogP contribution in [0.2, 0.25) is 0 Å². The van der Waals surface area contributed by atoms with Crippen molar-refractivity contribution in [2.45, 2.75) is 33.9 Å². The van der Waals surface area contributed by atoms with E-state index >= 15 is 0 Å². The van der Waals surface area contributed by atoms with Gasteiger partial charge in [-0.25, -0.2) is 9.69 Å². The van der Waals surface area contributed by atoms with E-state index in [-0.39, 0.29) is 0 Å². The summed E-state index contributed by atoms with van der Waals surface area (Å²) < 4.78 is 2.19. The van der Waals surface area contributed by atoms with E-state index in [0.29, 0.717) is 24.5 Å². The van der Waals surface area contributed by atoms with E-state index < -0.39 is 0 Å². The Morgan fingerprint density at radius 3 is 2.11 bits per heavy atom. The lowest BCUT2D eigenvalue weighted by Gasteiger charge is -2.11. The maximum atomic E-state index is 7.70. The number of hydrogen-bond donors (Lipinski definition) is 1. The van der Waals surface area contributed by atoms with Gasteiger partial charge in [0, 0.05) is 30.0 Å². The SMILES string of the molecule is [C-]#[N+]c1ccc(-c2c([N+]#[C-])c(C)n(Cc3ccc(CN)cc3)c2C)cc1C. The molecule has 0 spiro atoms. The standard InChI is InChI=1S/C23H22N4/c1-15-12-20(10-11-21(15)25-4)22-16(2)27(17(3)23(22)26-5)14-19-8-6-18(13-24)7-9-19/h6-12H,13-14,24H2,1-3H3. The third-order valence-electron chi connectivity index (χ3n) is 5.07. The summed E-state index contributed by atoms with van der Waals surface area (Å²) in [6.45, 7) is 22.2. The Kier molecular flexibility index (Phi) is 5.12. The van der Waals surface area contributed by atoms with Crippen molar-refractivity contribution >= 4 is 11.4 Å². The normalized spacial score (nSPS) is 10.4. The van der Waals surface area contributed by atoms with E-state index in [9.17, 15) is 0 Å². The lowest BCUT2D eigenvalue weighted by atomic mass is 10.0. The molecule has 0 aliphatic carbocycles. The first kappa shape index (κ1) is 18.5. The first-order valence-electron chi connectivity index (χ1n) is 8.83. The molecule has 0 aliphatic heterocycles. The van der Waals surface area contributed by atoms with Crippen molar-refractivity contribution in [1.29, 1.82) is 0 Å². The second-order valence-electron chi connectivity index (χ2n) is 6.73. The third-order valence-corrected chi connectivity index (χ3v) is 5.07. The van der Waals surface area contributed by atoms with Crippen molar-refractivity contribution in [2.24, 2.45) is 5.73 Å². The fourth-order valence-electron chi connectivity index (χ4n) is 3.49. The van der Waals surface area contributed by atoms with Crippen molar-refractivity contribution in [2.75, 3.05) is 0 Å². The van der Waals surface area contributed by atoms with Crippen LogP contribution in [-0.2, 0) is 13.1 Å². The van der Waals surface area contributed by atoms with Crippen LogP contribution >= 0.6 is 0 Å². The van der Waals surface area contributed by atoms with Gasteiger partial charge in [0.05, 0.1) is 13.1 Å². The van der Waals surface area contributed by atoms with Crippen molar-refractivity contribution in [3.8, 4) is 11.1 Å². The van der Waals surface area contributed by atoms with Crippen LogP contribution in [0.15, 0.2) is 42.5 Å². The number of aromatic nitrogens is 1. The van der Waals surface area contributed by atoms with E-state index in [2.05, 4.69) is 33.3 Å². The summed E-state index contributed by atoms with van der Waals surface area (Å²) >= 11 is 0. The number of benzene rings is 2. The highest BCUT2D eigenvalue weighted by Crippen LogP contribution is 2.40. The zero-order valence-electron chi connectivity index (χ0n) is 15.9. The molecule has 0 amide bonds. The summed E-state index contributed by atoms with van der Waals surface area (Å²) in [5.74, 6) is 0. The maximum Gasteiger partial charge on any atom is 0.215 e. The van der Waals surface area contributed by atoms with Crippen LogP contribution in [0.3, 0.4) is 0 Å². The Morgan fingerprint density at radius 1 is 0.889 bits per heavy atom. The molecule has 2 aromatic carbocycles. The van der Waals surface area contributed by atoms with Crippen LogP contribution in [-0.4, -0.2) is 4.57 Å². The molecule has 0 saturated heterocycles. The van der Waals surface area contributed by atoms with Crippen molar-refractivity contribution in [1.82, 2.24) is 4.57 Å². The first-order chi connectivity index (χ1) is 13.0. The summed E-state index contributed by atoms with van der Waals surface area (Å²) in [6.07, 6.45) is 0. The average Bonchev–Trinajstić information content (AvgIpc) is 2.92. The smallest absolute Gasteiger partial charge is 0.215 e. The summed E-state index contributed by atoms with van der Waals surface area (Å²) in [4.78, 5) is 7.36. The molecular weight excluding hydrogens is 332 g/mol. The van der Waals surface area contributed by atoms with E-state index in [4.69, 9.17) is 18.9 Å². The summed E-state index contributed by atoms with van der Waals surface area (Å²) in [5, 5.41) is 0. The number of nitrogens with zero attached hydrogens (tertiary/aromatic N) is 3. The molecule has 1 heterocycles. The fraction of sp³-hybridized carbons (Fsp3) is 0.217. The molecule has 0 aliphatic rings. The molecular formula is C23H22N4. The predicted molar refractivity (Wildman–Crippen MR) is 110 cm³/mol. The first-order valence-corrected chi connectivity index (χ1v) is 8.83. The zero-order chi connectivity index (χ0) is 19.6. The van der Waals surface area contributed by atoms with Crippen molar-refractivity contribution in [3.05, 3.63) is 93.4 Å². The number of rotatable bonds is 4. The molecule has 134 valence electrons. The number of aryl methyl sites for hydroxylation is 1. The van der Waals surface area contributed by atoms with Crippen LogP contribution in [0.4, 0.5) is 11.4 Å². The van der Waals surface area contributed by atoms with Crippen molar-refractivity contribution < 1.29 is 0 Å². The van der Waals surface area contributed by atoms with Gasteiger partial charge in [0.2, 0.25) is 5.69 Å². The van der Waals surface area contributed by atoms with Crippen molar-refractivity contribution in [3.63, 3.8) is 0 Å². The zero-order valence-corrected chi connectivity index (χ0v) is 15.9. The molecule has 3 aromatic rings. The van der Waals surface area contributed by atoms with Gasteiger partial charge >= 0.3 is 0 Å². The second kappa shape index (κ2) is 7.50. The molecule has 0 unspecified atom stereocenters. The van der Waals surface area contributed by atoms with Gasteiger partial charge in [-0.2, -0.15) is 0 Å². The summed E-state index contributed by atoms with van der Waals surface area (Å²) in [5.41, 5.74) is 14.2. The Labute approximate surface area is 160 Å². The van der Waals surface area contributed by atoms with Gasteiger partial charge in [0.15, 0.2) is 5.69 Å². The lowest BCUT2D eigenvalue weighted by molar-refractivity contribution is 0.751. The minimum atomic E-state index is 0.536. The Bertz CT molecular complexity index is 1070. The minimum absolute atomic E-state index is 0.536. The average molecular weight is 354 g/mol. The molecule has 2 N–H and O–H groups in total. The van der Waals surface area contributed by atoms with Gasteiger partial charge in [-0.05, 0) is 43.0 Å². The predicted octanol–water partition coefficient (Wildman–Crippen LogP) is 5.69. The van der Waals surface area contributed by atoms with Crippen LogP contribution < -0.4 is 5.73 Å². The summed E-state index contributed by atoms with van der Waals surface area (Å²) in [7, 11) is 0. The van der Waals surface area contributed by atoms with E-state index in [1.165, 1.54) is 5.56 Å². The third kappa shape index (κ3) is 3.36. The van der Waals surface area contributed by atoms with Crippen LogP contribution in [0.5, 0.6) is 0 Å². The Hall–Kier alpha value is -3.34. The molecule has 0 fully saturated rings. The molecule has 0 radical (unpaired) electrons. The monoisotopic (exact) mass is 354 g/mol. The molecule has 4 nitrogen and oxygen atoms in total. The highest BCUT2D eigenvalue weighted by atomic mass is 15.0. The topological polar surface area (TPSA) is 39.7 Å². The quantitative estimate of drug-likeness (QED) is 0.601. The minimum Gasteiger partial charge on any atom is -0.355 e. The number of nitrogens with two attached hydrogens (primary N) is 1. The van der Waals surface area contributed by atoms with Crippen LogP contribution in [0, 0.1) is 33.9 Å². The van der Waals surface area contributed by atoms with E-state index in [1.54, 1.807) is 0 Å². The van der Waals surface area contributed by atoms with Gasteiger partial charge in [-0.15, -0.1) is 0 Å². The van der Waals surface area contributed by atoms with Crippen LogP contribution in [0.1, 0.15) is 28.1 Å². The highest BCUT2D eigenvalue weighted by Gasteiger charge is 2.19. The van der Waals surface area contributed by atoms with Crippen LogP contribution in [0.25, 0.3) is 20.8 Å². The van der Waals surface area contributed by atoms with E-state index in [0.717, 1.165) is 33.6 Å². The molecule has 27 heavy (non-hydrogen) atoms. The Morgan fingerprint density at radius 2 is 1.56 bits per heavy atom. The summed E-state index contributed by atoms with van der Waals surface area (Å²) in [6, 6.07) is 14.1. The molecule has 1 aromatic heterocycles.